The minimum atomic E-state index is -0.314. The fourth-order valence-electron chi connectivity index (χ4n) is 3.26. The molecule has 0 fully saturated rings. The Hall–Kier alpha value is -3.39. The lowest BCUT2D eigenvalue weighted by Crippen LogP contribution is -2.27. The smallest absolute Gasteiger partial charge is 0.233 e. The number of carbonyl (C=O) groups excluding carboxylic acids is 1. The van der Waals surface area contributed by atoms with E-state index in [1.165, 1.54) is 23.9 Å². The molecule has 0 radical (unpaired) electrons. The van der Waals surface area contributed by atoms with Gasteiger partial charge in [-0.25, -0.2) is 4.39 Å². The molecular formula is C24H23FN4O2S. The first kappa shape index (κ1) is 21.8. The topological polar surface area (TPSA) is 64.2 Å². The highest BCUT2D eigenvalue weighted by Crippen LogP contribution is 2.24. The number of hydrogen-bond acceptors (Lipinski definition) is 5. The van der Waals surface area contributed by atoms with Crippen molar-refractivity contribution in [1.29, 1.82) is 0 Å². The van der Waals surface area contributed by atoms with Crippen LogP contribution in [0.4, 0.5) is 4.39 Å². The molecule has 2 heterocycles. The molecule has 0 aliphatic rings. The normalized spacial score (nSPS) is 11.0. The van der Waals surface area contributed by atoms with Crippen LogP contribution >= 0.6 is 11.8 Å². The Morgan fingerprint density at radius 1 is 1.06 bits per heavy atom. The van der Waals surface area contributed by atoms with E-state index in [0.717, 1.165) is 28.6 Å². The van der Waals surface area contributed by atoms with Crippen molar-refractivity contribution >= 4 is 17.7 Å². The third kappa shape index (κ3) is 5.26. The van der Waals surface area contributed by atoms with E-state index >= 15 is 0 Å². The summed E-state index contributed by atoms with van der Waals surface area (Å²) in [6, 6.07) is 19.9. The van der Waals surface area contributed by atoms with E-state index in [-0.39, 0.29) is 17.5 Å². The minimum Gasteiger partial charge on any atom is -0.464 e. The molecule has 6 nitrogen and oxygen atoms in total. The number of thioether (sulfide) groups is 1. The van der Waals surface area contributed by atoms with Gasteiger partial charge in [0.15, 0.2) is 5.16 Å². The minimum absolute atomic E-state index is 0.0534. The number of furan rings is 1. The number of carbonyl (C=O) groups is 1. The number of aromatic nitrogens is 3. The summed E-state index contributed by atoms with van der Waals surface area (Å²) < 4.78 is 20.9. The average Bonchev–Trinajstić information content (AvgIpc) is 3.39. The third-order valence-electron chi connectivity index (χ3n) is 4.93. The molecule has 4 rings (SSSR count). The molecule has 2 aromatic carbocycles. The van der Waals surface area contributed by atoms with E-state index in [1.54, 1.807) is 24.1 Å². The van der Waals surface area contributed by atoms with Gasteiger partial charge in [-0.3, -0.25) is 9.36 Å². The Morgan fingerprint density at radius 2 is 1.81 bits per heavy atom. The molecule has 0 spiro atoms. The number of nitrogens with zero attached hydrogens (tertiary/aromatic N) is 4. The van der Waals surface area contributed by atoms with Crippen molar-refractivity contribution in [3.05, 3.63) is 95.5 Å². The summed E-state index contributed by atoms with van der Waals surface area (Å²) in [6.07, 6.45) is 0.567. The van der Waals surface area contributed by atoms with Gasteiger partial charge in [-0.2, -0.15) is 0 Å². The van der Waals surface area contributed by atoms with Crippen LogP contribution in [0.1, 0.15) is 22.9 Å². The van der Waals surface area contributed by atoms with Crippen molar-refractivity contribution in [3.63, 3.8) is 0 Å². The maximum atomic E-state index is 13.5. The van der Waals surface area contributed by atoms with E-state index in [9.17, 15) is 9.18 Å². The zero-order chi connectivity index (χ0) is 22.5. The second-order valence-electron chi connectivity index (χ2n) is 7.42. The monoisotopic (exact) mass is 450 g/mol. The van der Waals surface area contributed by atoms with Gasteiger partial charge in [0.05, 0.1) is 12.3 Å². The Labute approximate surface area is 190 Å². The summed E-state index contributed by atoms with van der Waals surface area (Å²) in [6.45, 7) is 2.27. The fraction of sp³-hybridized carbons (Fsp3) is 0.208. The standard InChI is InChI=1S/C24H23FN4O2S/c1-17-8-13-21(31-17)15-28(2)23(30)16-32-24-27-26-22(14-18-6-4-3-5-7-18)29(24)20-11-9-19(25)10-12-20/h3-13H,14-16H2,1-2H3. The lowest BCUT2D eigenvalue weighted by molar-refractivity contribution is -0.127. The highest BCUT2D eigenvalue weighted by molar-refractivity contribution is 7.99. The number of rotatable bonds is 8. The molecule has 0 atom stereocenters. The summed E-state index contributed by atoms with van der Waals surface area (Å²) in [7, 11) is 1.74. The molecule has 0 unspecified atom stereocenters. The van der Waals surface area contributed by atoms with Crippen LogP contribution in [0.25, 0.3) is 5.69 Å². The molecule has 4 aromatic rings. The fourth-order valence-corrected chi connectivity index (χ4v) is 4.18. The van der Waals surface area contributed by atoms with E-state index in [1.807, 2.05) is 54.0 Å². The molecule has 1 amide bonds. The Bertz CT molecular complexity index is 1190. The SMILES string of the molecule is Cc1ccc(CN(C)C(=O)CSc2nnc(Cc3ccccc3)n2-c2ccc(F)cc2)o1. The molecule has 164 valence electrons. The lowest BCUT2D eigenvalue weighted by atomic mass is 10.1. The number of hydrogen-bond donors (Lipinski definition) is 0. The molecule has 0 aliphatic heterocycles. The first-order valence-corrected chi connectivity index (χ1v) is 11.1. The van der Waals surface area contributed by atoms with Crippen LogP contribution in [-0.2, 0) is 17.8 Å². The van der Waals surface area contributed by atoms with Crippen LogP contribution in [0.3, 0.4) is 0 Å². The summed E-state index contributed by atoms with van der Waals surface area (Å²) in [5.74, 6) is 2.10. The van der Waals surface area contributed by atoms with E-state index in [2.05, 4.69) is 10.2 Å². The molecule has 2 aromatic heterocycles. The summed E-state index contributed by atoms with van der Waals surface area (Å²) in [5, 5.41) is 9.27. The van der Waals surface area contributed by atoms with Gasteiger partial charge in [-0.1, -0.05) is 42.1 Å². The van der Waals surface area contributed by atoms with E-state index in [0.29, 0.717) is 18.1 Å². The molecule has 8 heteroatoms. The highest BCUT2D eigenvalue weighted by atomic mass is 32.2. The first-order chi connectivity index (χ1) is 15.5. The van der Waals surface area contributed by atoms with Crippen LogP contribution in [0.2, 0.25) is 0 Å². The van der Waals surface area contributed by atoms with Crippen molar-refractivity contribution in [2.75, 3.05) is 12.8 Å². The van der Waals surface area contributed by atoms with Gasteiger partial charge in [-0.05, 0) is 48.9 Å². The van der Waals surface area contributed by atoms with E-state index < -0.39 is 0 Å². The third-order valence-corrected chi connectivity index (χ3v) is 5.84. The zero-order valence-corrected chi connectivity index (χ0v) is 18.7. The van der Waals surface area contributed by atoms with Gasteiger partial charge in [0, 0.05) is 19.2 Å². The predicted molar refractivity (Wildman–Crippen MR) is 121 cm³/mol. The van der Waals surface area contributed by atoms with Crippen molar-refractivity contribution in [1.82, 2.24) is 19.7 Å². The maximum absolute atomic E-state index is 13.5. The summed E-state index contributed by atoms with van der Waals surface area (Å²) in [4.78, 5) is 14.3. The molecule has 0 bridgehead atoms. The maximum Gasteiger partial charge on any atom is 0.233 e. The van der Waals surface area contributed by atoms with Crippen molar-refractivity contribution in [3.8, 4) is 5.69 Å². The van der Waals surface area contributed by atoms with E-state index in [4.69, 9.17) is 4.42 Å². The average molecular weight is 451 g/mol. The second-order valence-corrected chi connectivity index (χ2v) is 8.37. The van der Waals surface area contributed by atoms with Gasteiger partial charge in [0.25, 0.3) is 0 Å². The van der Waals surface area contributed by atoms with Crippen LogP contribution in [0, 0.1) is 12.7 Å². The van der Waals surface area contributed by atoms with Gasteiger partial charge in [-0.15, -0.1) is 10.2 Å². The first-order valence-electron chi connectivity index (χ1n) is 10.2. The number of benzene rings is 2. The van der Waals surface area contributed by atoms with Crippen molar-refractivity contribution < 1.29 is 13.6 Å². The number of amides is 1. The van der Waals surface area contributed by atoms with Crippen LogP contribution < -0.4 is 0 Å². The lowest BCUT2D eigenvalue weighted by Gasteiger charge is -2.16. The number of halogens is 1. The molecule has 0 saturated heterocycles. The van der Waals surface area contributed by atoms with Crippen molar-refractivity contribution in [2.45, 2.75) is 25.0 Å². The van der Waals surface area contributed by atoms with Crippen LogP contribution in [0.5, 0.6) is 0 Å². The zero-order valence-electron chi connectivity index (χ0n) is 17.9. The molecule has 0 saturated carbocycles. The second kappa shape index (κ2) is 9.82. The Morgan fingerprint density at radius 3 is 2.50 bits per heavy atom. The largest absolute Gasteiger partial charge is 0.464 e. The molecule has 0 N–H and O–H groups in total. The molecule has 32 heavy (non-hydrogen) atoms. The summed E-state index contributed by atoms with van der Waals surface area (Å²) in [5.41, 5.74) is 1.83. The molecular weight excluding hydrogens is 427 g/mol. The molecule has 0 aliphatic carbocycles. The van der Waals surface area contributed by atoms with Crippen molar-refractivity contribution in [2.24, 2.45) is 0 Å². The van der Waals surface area contributed by atoms with Crippen LogP contribution in [0.15, 0.2) is 76.3 Å². The Balaban J connectivity index is 1.52. The highest BCUT2D eigenvalue weighted by Gasteiger charge is 2.18. The van der Waals surface area contributed by atoms with Gasteiger partial charge < -0.3 is 9.32 Å². The van der Waals surface area contributed by atoms with Crippen LogP contribution in [-0.4, -0.2) is 38.4 Å². The van der Waals surface area contributed by atoms with Gasteiger partial charge in [0.2, 0.25) is 5.91 Å². The number of aryl methyl sites for hydroxylation is 1. The Kier molecular flexibility index (Phi) is 6.70. The summed E-state index contributed by atoms with van der Waals surface area (Å²) >= 11 is 1.30. The predicted octanol–water partition coefficient (Wildman–Crippen LogP) is 4.65. The van der Waals surface area contributed by atoms with Gasteiger partial charge >= 0.3 is 0 Å². The van der Waals surface area contributed by atoms with Gasteiger partial charge in [0.1, 0.15) is 23.2 Å². The quantitative estimate of drug-likeness (QED) is 0.366.